The number of hydrogen-bond donors (Lipinski definition) is 2. The summed E-state index contributed by atoms with van der Waals surface area (Å²) in [6.07, 6.45) is 0.373. The molecule has 1 fully saturated rings. The van der Waals surface area contributed by atoms with Crippen molar-refractivity contribution < 1.29 is 14.7 Å². The minimum atomic E-state index is -0.130. The Morgan fingerprint density at radius 2 is 2.00 bits per heavy atom. The summed E-state index contributed by atoms with van der Waals surface area (Å²) in [6.45, 7) is 7.85. The first-order valence-corrected chi connectivity index (χ1v) is 6.68. The average molecular weight is 271 g/mol. The number of carbonyl (C=O) groups is 1. The molecular formula is C13H25N3O3. The molecule has 6 heteroatoms. The number of nitrogens with zero attached hydrogens (tertiary/aromatic N) is 2. The molecule has 1 rings (SSSR count). The van der Waals surface area contributed by atoms with Gasteiger partial charge in [0.1, 0.15) is 5.84 Å². The molecule has 0 aromatic rings. The molecule has 1 aliphatic heterocycles. The lowest BCUT2D eigenvalue weighted by atomic mass is 9.88. The molecule has 19 heavy (non-hydrogen) atoms. The van der Waals surface area contributed by atoms with Gasteiger partial charge in [0.25, 0.3) is 0 Å². The molecule has 0 aromatic carbocycles. The zero-order valence-corrected chi connectivity index (χ0v) is 12.3. The zero-order chi connectivity index (χ0) is 14.7. The predicted molar refractivity (Wildman–Crippen MR) is 72.9 cm³/mol. The summed E-state index contributed by atoms with van der Waals surface area (Å²) >= 11 is 0. The quantitative estimate of drug-likeness (QED) is 0.346. The SMILES string of the molecule is CC1OC(C)C(C(=O)N(C)C(C)CC(N)=NO)C1C. The van der Waals surface area contributed by atoms with E-state index >= 15 is 0 Å². The Morgan fingerprint density at radius 1 is 1.42 bits per heavy atom. The fraction of sp³-hybridized carbons (Fsp3) is 0.846. The maximum Gasteiger partial charge on any atom is 0.228 e. The van der Waals surface area contributed by atoms with E-state index in [1.807, 2.05) is 27.7 Å². The van der Waals surface area contributed by atoms with Crippen LogP contribution in [0.2, 0.25) is 0 Å². The van der Waals surface area contributed by atoms with Crippen molar-refractivity contribution >= 4 is 11.7 Å². The van der Waals surface area contributed by atoms with E-state index in [9.17, 15) is 4.79 Å². The summed E-state index contributed by atoms with van der Waals surface area (Å²) in [7, 11) is 1.75. The van der Waals surface area contributed by atoms with Gasteiger partial charge in [0.05, 0.1) is 18.1 Å². The van der Waals surface area contributed by atoms with E-state index in [4.69, 9.17) is 15.7 Å². The number of nitrogens with two attached hydrogens (primary N) is 1. The summed E-state index contributed by atoms with van der Waals surface area (Å²) in [5.74, 6) is 0.252. The molecule has 0 spiro atoms. The maximum atomic E-state index is 12.5. The van der Waals surface area contributed by atoms with E-state index in [2.05, 4.69) is 5.16 Å². The van der Waals surface area contributed by atoms with Gasteiger partial charge in [-0.25, -0.2) is 0 Å². The van der Waals surface area contributed by atoms with Crippen molar-refractivity contribution in [1.82, 2.24) is 4.90 Å². The van der Waals surface area contributed by atoms with Crippen molar-refractivity contribution in [1.29, 1.82) is 0 Å². The highest BCUT2D eigenvalue weighted by atomic mass is 16.5. The van der Waals surface area contributed by atoms with Crippen LogP contribution in [-0.2, 0) is 9.53 Å². The number of oxime groups is 1. The van der Waals surface area contributed by atoms with Crippen LogP contribution in [0.25, 0.3) is 0 Å². The first-order chi connectivity index (χ1) is 8.79. The number of carbonyl (C=O) groups excluding carboxylic acids is 1. The second-order valence-electron chi connectivity index (χ2n) is 5.52. The van der Waals surface area contributed by atoms with Crippen molar-refractivity contribution in [3.63, 3.8) is 0 Å². The first-order valence-electron chi connectivity index (χ1n) is 6.68. The summed E-state index contributed by atoms with van der Waals surface area (Å²) in [6, 6.07) is -0.112. The van der Waals surface area contributed by atoms with Crippen LogP contribution in [0.15, 0.2) is 5.16 Å². The monoisotopic (exact) mass is 271 g/mol. The molecule has 1 saturated heterocycles. The molecule has 0 aliphatic carbocycles. The normalized spacial score (nSPS) is 33.2. The molecule has 5 unspecified atom stereocenters. The Kier molecular flexibility index (Phi) is 5.17. The second-order valence-corrected chi connectivity index (χ2v) is 5.52. The van der Waals surface area contributed by atoms with E-state index in [-0.39, 0.29) is 41.8 Å². The van der Waals surface area contributed by atoms with Crippen LogP contribution in [0.1, 0.15) is 34.1 Å². The van der Waals surface area contributed by atoms with Crippen molar-refractivity contribution in [2.75, 3.05) is 7.05 Å². The van der Waals surface area contributed by atoms with Gasteiger partial charge < -0.3 is 20.6 Å². The van der Waals surface area contributed by atoms with Gasteiger partial charge in [-0.3, -0.25) is 4.79 Å². The lowest BCUT2D eigenvalue weighted by Gasteiger charge is -2.29. The fourth-order valence-corrected chi connectivity index (χ4v) is 2.63. The zero-order valence-electron chi connectivity index (χ0n) is 12.3. The van der Waals surface area contributed by atoms with Crippen molar-refractivity contribution in [3.05, 3.63) is 0 Å². The smallest absolute Gasteiger partial charge is 0.228 e. The first kappa shape index (κ1) is 15.8. The molecule has 0 bridgehead atoms. The van der Waals surface area contributed by atoms with Crippen molar-refractivity contribution in [2.24, 2.45) is 22.7 Å². The van der Waals surface area contributed by atoms with Gasteiger partial charge in [-0.05, 0) is 26.7 Å². The molecule has 0 saturated carbocycles. The average Bonchev–Trinajstić information content (AvgIpc) is 2.61. The van der Waals surface area contributed by atoms with Crippen LogP contribution in [-0.4, -0.2) is 47.1 Å². The summed E-state index contributed by atoms with van der Waals surface area (Å²) in [5, 5.41) is 11.5. The van der Waals surface area contributed by atoms with Gasteiger partial charge in [-0.15, -0.1) is 0 Å². The Balaban J connectivity index is 2.71. The number of hydrogen-bond acceptors (Lipinski definition) is 4. The summed E-state index contributed by atoms with van der Waals surface area (Å²) < 4.78 is 5.70. The molecule has 5 atom stereocenters. The minimum absolute atomic E-state index is 0.0580. The minimum Gasteiger partial charge on any atom is -0.409 e. The van der Waals surface area contributed by atoms with Gasteiger partial charge >= 0.3 is 0 Å². The largest absolute Gasteiger partial charge is 0.409 e. The molecule has 1 heterocycles. The van der Waals surface area contributed by atoms with Gasteiger partial charge in [0, 0.05) is 19.5 Å². The molecule has 0 radical (unpaired) electrons. The summed E-state index contributed by atoms with van der Waals surface area (Å²) in [4.78, 5) is 14.2. The second kappa shape index (κ2) is 6.23. The van der Waals surface area contributed by atoms with Crippen LogP contribution < -0.4 is 5.73 Å². The number of ether oxygens (including phenoxy) is 1. The predicted octanol–water partition coefficient (Wildman–Crippen LogP) is 1.03. The lowest BCUT2D eigenvalue weighted by molar-refractivity contribution is -0.138. The highest BCUT2D eigenvalue weighted by Crippen LogP contribution is 2.33. The standard InChI is InChI=1S/C13H25N3O3/c1-7(6-11(14)15-18)16(5)13(17)12-8(2)9(3)19-10(12)4/h7-10,12,18H,6H2,1-5H3,(H2,14,15). The molecule has 1 aliphatic rings. The fourth-order valence-electron chi connectivity index (χ4n) is 2.63. The van der Waals surface area contributed by atoms with E-state index in [1.165, 1.54) is 0 Å². The van der Waals surface area contributed by atoms with E-state index in [0.717, 1.165) is 0 Å². The third-order valence-electron chi connectivity index (χ3n) is 4.17. The van der Waals surface area contributed by atoms with Crippen LogP contribution in [0.5, 0.6) is 0 Å². The Labute approximate surface area is 114 Å². The Bertz CT molecular complexity index is 359. The summed E-state index contributed by atoms with van der Waals surface area (Å²) in [5.41, 5.74) is 5.48. The maximum absolute atomic E-state index is 12.5. The molecule has 110 valence electrons. The van der Waals surface area contributed by atoms with Gasteiger partial charge in [0.15, 0.2) is 0 Å². The van der Waals surface area contributed by atoms with Gasteiger partial charge in [-0.2, -0.15) is 0 Å². The van der Waals surface area contributed by atoms with Crippen molar-refractivity contribution in [3.8, 4) is 0 Å². The number of rotatable bonds is 4. The highest BCUT2D eigenvalue weighted by molar-refractivity contribution is 5.83. The van der Waals surface area contributed by atoms with E-state index in [0.29, 0.717) is 6.42 Å². The number of amidine groups is 1. The molecule has 0 aromatic heterocycles. The van der Waals surface area contributed by atoms with Crippen LogP contribution in [0, 0.1) is 11.8 Å². The third-order valence-corrected chi connectivity index (χ3v) is 4.17. The molecule has 6 nitrogen and oxygen atoms in total. The molecule has 3 N–H and O–H groups in total. The number of amides is 1. The Hall–Kier alpha value is -1.30. The van der Waals surface area contributed by atoms with Gasteiger partial charge in [-0.1, -0.05) is 12.1 Å². The Morgan fingerprint density at radius 3 is 2.42 bits per heavy atom. The van der Waals surface area contributed by atoms with Gasteiger partial charge in [0.2, 0.25) is 5.91 Å². The van der Waals surface area contributed by atoms with Crippen LogP contribution in [0.3, 0.4) is 0 Å². The lowest BCUT2D eigenvalue weighted by Crippen LogP contribution is -2.44. The molecular weight excluding hydrogens is 246 g/mol. The van der Waals surface area contributed by atoms with Crippen LogP contribution >= 0.6 is 0 Å². The topological polar surface area (TPSA) is 88.2 Å². The van der Waals surface area contributed by atoms with E-state index < -0.39 is 0 Å². The third kappa shape index (κ3) is 3.37. The van der Waals surface area contributed by atoms with E-state index in [1.54, 1.807) is 11.9 Å². The highest BCUT2D eigenvalue weighted by Gasteiger charge is 2.43. The molecule has 1 amide bonds. The van der Waals surface area contributed by atoms with Crippen LogP contribution in [0.4, 0.5) is 0 Å². The van der Waals surface area contributed by atoms with Crippen molar-refractivity contribution in [2.45, 2.75) is 52.4 Å².